The molecule has 1 aromatic rings. The van der Waals surface area contributed by atoms with Crippen LogP contribution in [0, 0.1) is 6.92 Å². The van der Waals surface area contributed by atoms with Gasteiger partial charge in [0.2, 0.25) is 11.2 Å². The van der Waals surface area contributed by atoms with Crippen molar-refractivity contribution in [2.24, 2.45) is 0 Å². The summed E-state index contributed by atoms with van der Waals surface area (Å²) < 4.78 is 36.0. The smallest absolute Gasteiger partial charge is 0.120 e. The van der Waals surface area contributed by atoms with Crippen molar-refractivity contribution in [3.05, 3.63) is 29.8 Å². The van der Waals surface area contributed by atoms with Gasteiger partial charge < -0.3 is 0 Å². The first kappa shape index (κ1) is 8.46. The van der Waals surface area contributed by atoms with Crippen LogP contribution in [0.5, 0.6) is 0 Å². The molecular weight excluding hydrogens is 173 g/mol. The molecule has 0 bridgehead atoms. The van der Waals surface area contributed by atoms with E-state index in [4.69, 9.17) is 0 Å². The van der Waals surface area contributed by atoms with E-state index in [1.54, 1.807) is 6.92 Å². The van der Waals surface area contributed by atoms with Crippen molar-refractivity contribution in [2.45, 2.75) is 11.8 Å². The lowest BCUT2D eigenvalue weighted by Crippen LogP contribution is -1.79. The molecule has 0 aliphatic rings. The van der Waals surface area contributed by atoms with Gasteiger partial charge in [-0.2, -0.15) is 0 Å². The van der Waals surface area contributed by atoms with E-state index in [0.717, 1.165) is 17.7 Å². The molecule has 11 heavy (non-hydrogen) atoms. The van der Waals surface area contributed by atoms with Crippen molar-refractivity contribution in [3.8, 4) is 0 Å². The van der Waals surface area contributed by atoms with Gasteiger partial charge >= 0.3 is 0 Å². The molecule has 62 valence electrons. The minimum Gasteiger partial charge on any atom is -0.120 e. The van der Waals surface area contributed by atoms with Crippen LogP contribution in [0.3, 0.4) is 0 Å². The Balaban J connectivity index is 2.99. The highest BCUT2D eigenvalue weighted by Crippen LogP contribution is 2.60. The lowest BCUT2D eigenvalue weighted by molar-refractivity contribution is 0.633. The highest BCUT2D eigenvalue weighted by Gasteiger charge is 2.23. The standard InChI is InChI=1S/C7H7F3S/c1-6-2-4-7(5-3-6)11(8,9)10/h2-5H,1H3. The summed E-state index contributed by atoms with van der Waals surface area (Å²) in [7, 11) is 0. The average Bonchev–Trinajstić information content (AvgIpc) is 1.86. The first-order valence-corrected chi connectivity index (χ1v) is 4.32. The molecule has 1 rings (SSSR count). The molecule has 1 aromatic carbocycles. The molecule has 0 aliphatic carbocycles. The zero-order chi connectivity index (χ0) is 8.48. The Hall–Kier alpha value is -0.640. The van der Waals surface area contributed by atoms with Gasteiger partial charge in [0.15, 0.2) is 0 Å². The molecular formula is C7H7F3S. The van der Waals surface area contributed by atoms with Crippen LogP contribution in [0.2, 0.25) is 0 Å². The van der Waals surface area contributed by atoms with Crippen LogP contribution in [0.15, 0.2) is 29.2 Å². The normalized spacial score (nSPS) is 13.1. The van der Waals surface area contributed by atoms with Crippen molar-refractivity contribution in [3.63, 3.8) is 0 Å². The van der Waals surface area contributed by atoms with E-state index in [1.807, 2.05) is 0 Å². The van der Waals surface area contributed by atoms with Gasteiger partial charge in [-0.1, -0.05) is 17.7 Å². The molecule has 0 atom stereocenters. The third-order valence-electron chi connectivity index (χ3n) is 1.29. The van der Waals surface area contributed by atoms with Gasteiger partial charge in [0.25, 0.3) is 0 Å². The van der Waals surface area contributed by atoms with Crippen LogP contribution in [0.4, 0.5) is 11.7 Å². The second-order valence-electron chi connectivity index (χ2n) is 2.22. The topological polar surface area (TPSA) is 0 Å². The van der Waals surface area contributed by atoms with Gasteiger partial charge in [-0.3, -0.25) is 0 Å². The van der Waals surface area contributed by atoms with E-state index in [2.05, 4.69) is 0 Å². The molecule has 0 heterocycles. The Labute approximate surface area is 65.2 Å². The third kappa shape index (κ3) is 2.15. The summed E-state index contributed by atoms with van der Waals surface area (Å²) in [5.74, 6) is 0. The number of hydrogen-bond acceptors (Lipinski definition) is 0. The van der Waals surface area contributed by atoms with E-state index in [-0.39, 0.29) is 0 Å². The Kier molecular flexibility index (Phi) is 2.13. The number of aryl methyl sites for hydroxylation is 1. The summed E-state index contributed by atoms with van der Waals surface area (Å²) in [5, 5.41) is 0. The molecule has 4 heteroatoms. The van der Waals surface area contributed by atoms with Gasteiger partial charge in [-0.05, 0) is 19.1 Å². The van der Waals surface area contributed by atoms with Crippen LogP contribution in [-0.4, -0.2) is 0 Å². The molecule has 0 aromatic heterocycles. The van der Waals surface area contributed by atoms with Crippen molar-refractivity contribution in [1.82, 2.24) is 0 Å². The molecule has 0 unspecified atom stereocenters. The third-order valence-corrected chi connectivity index (χ3v) is 2.09. The Bertz CT molecular complexity index is 237. The summed E-state index contributed by atoms with van der Waals surface area (Å²) in [6.45, 7) is 1.76. The predicted molar refractivity (Wildman–Crippen MR) is 40.4 cm³/mol. The highest BCUT2D eigenvalue weighted by atomic mass is 32.3. The van der Waals surface area contributed by atoms with Crippen molar-refractivity contribution in [1.29, 1.82) is 0 Å². The lowest BCUT2D eigenvalue weighted by Gasteiger charge is -2.08. The van der Waals surface area contributed by atoms with E-state index >= 15 is 0 Å². The molecule has 0 aliphatic heterocycles. The van der Waals surface area contributed by atoms with Crippen LogP contribution in [0.25, 0.3) is 0 Å². The highest BCUT2D eigenvalue weighted by molar-refractivity contribution is 8.20. The largest absolute Gasteiger partial charge is 0.237 e. The second kappa shape index (κ2) is 2.77. The van der Waals surface area contributed by atoms with Crippen LogP contribution in [-0.2, 0) is 0 Å². The minimum atomic E-state index is -5.02. The molecule has 0 saturated carbocycles. The maximum atomic E-state index is 12.0. The SMILES string of the molecule is Cc1ccc(S(F)(F)F)cc1. The quantitative estimate of drug-likeness (QED) is 0.616. The van der Waals surface area contributed by atoms with Crippen molar-refractivity contribution >= 4 is 11.2 Å². The molecule has 0 radical (unpaired) electrons. The van der Waals surface area contributed by atoms with Gasteiger partial charge in [-0.15, -0.1) is 11.7 Å². The minimum absolute atomic E-state index is 0.511. The number of hydrogen-bond donors (Lipinski definition) is 0. The van der Waals surface area contributed by atoms with E-state index < -0.39 is 16.1 Å². The van der Waals surface area contributed by atoms with Crippen LogP contribution >= 0.6 is 11.2 Å². The van der Waals surface area contributed by atoms with E-state index in [9.17, 15) is 11.7 Å². The fourth-order valence-electron chi connectivity index (χ4n) is 0.693. The monoisotopic (exact) mass is 180 g/mol. The maximum absolute atomic E-state index is 12.0. The maximum Gasteiger partial charge on any atom is 0.237 e. The van der Waals surface area contributed by atoms with Gasteiger partial charge in [-0.25, -0.2) is 0 Å². The number of rotatable bonds is 1. The van der Waals surface area contributed by atoms with Gasteiger partial charge in [0.05, 0.1) is 4.90 Å². The van der Waals surface area contributed by atoms with Crippen LogP contribution < -0.4 is 0 Å². The molecule has 0 fully saturated rings. The summed E-state index contributed by atoms with van der Waals surface area (Å²) in [6.07, 6.45) is 0. The summed E-state index contributed by atoms with van der Waals surface area (Å²) >= 11 is -5.02. The van der Waals surface area contributed by atoms with Crippen molar-refractivity contribution < 1.29 is 11.7 Å². The molecule has 0 amide bonds. The zero-order valence-electron chi connectivity index (χ0n) is 5.85. The molecule has 0 N–H and O–H groups in total. The molecule has 0 saturated heterocycles. The summed E-state index contributed by atoms with van der Waals surface area (Å²) in [5.41, 5.74) is 0.845. The Morgan fingerprint density at radius 2 is 1.45 bits per heavy atom. The van der Waals surface area contributed by atoms with Crippen molar-refractivity contribution in [2.75, 3.05) is 0 Å². The van der Waals surface area contributed by atoms with Gasteiger partial charge in [0.1, 0.15) is 0 Å². The Morgan fingerprint density at radius 3 is 1.82 bits per heavy atom. The fraction of sp³-hybridized carbons (Fsp3) is 0.143. The van der Waals surface area contributed by atoms with E-state index in [1.165, 1.54) is 12.1 Å². The first-order chi connectivity index (χ1) is 5.00. The summed E-state index contributed by atoms with van der Waals surface area (Å²) in [6, 6.07) is 5.17. The van der Waals surface area contributed by atoms with E-state index in [0.29, 0.717) is 0 Å². The lowest BCUT2D eigenvalue weighted by atomic mass is 10.2. The number of benzene rings is 1. The zero-order valence-corrected chi connectivity index (χ0v) is 6.67. The first-order valence-electron chi connectivity index (χ1n) is 2.99. The molecule has 0 spiro atoms. The number of halogens is 3. The van der Waals surface area contributed by atoms with Crippen LogP contribution in [0.1, 0.15) is 5.56 Å². The Morgan fingerprint density at radius 1 is 1.00 bits per heavy atom. The van der Waals surface area contributed by atoms with Gasteiger partial charge in [0, 0.05) is 0 Å². The molecule has 0 nitrogen and oxygen atoms in total. The average molecular weight is 180 g/mol. The summed E-state index contributed by atoms with van der Waals surface area (Å²) in [4.78, 5) is -0.511. The fourth-order valence-corrected chi connectivity index (χ4v) is 1.14. The second-order valence-corrected chi connectivity index (χ2v) is 3.50. The predicted octanol–water partition coefficient (Wildman–Crippen LogP) is 3.81.